The van der Waals surface area contributed by atoms with E-state index in [9.17, 15) is 14.7 Å². The molecule has 0 saturated carbocycles. The van der Waals surface area contributed by atoms with E-state index in [4.69, 9.17) is 4.74 Å². The zero-order valence-corrected chi connectivity index (χ0v) is 12.4. The molecule has 3 rings (SSSR count). The SMILES string of the molecule is CCOC(=O)c1c(-c2ccccc2)nc2c(C(=O)O)cccn12. The van der Waals surface area contributed by atoms with Crippen molar-refractivity contribution in [2.24, 2.45) is 0 Å². The van der Waals surface area contributed by atoms with Gasteiger partial charge in [-0.15, -0.1) is 0 Å². The van der Waals surface area contributed by atoms with Gasteiger partial charge < -0.3 is 9.84 Å². The van der Waals surface area contributed by atoms with Crippen LogP contribution in [0, 0.1) is 0 Å². The average Bonchev–Trinajstić information content (AvgIpc) is 2.95. The molecule has 0 aliphatic carbocycles. The fraction of sp³-hybridized carbons (Fsp3) is 0.118. The third kappa shape index (κ3) is 2.55. The van der Waals surface area contributed by atoms with Crippen LogP contribution in [0.1, 0.15) is 27.8 Å². The Morgan fingerprint density at radius 1 is 1.17 bits per heavy atom. The Kier molecular flexibility index (Phi) is 3.80. The van der Waals surface area contributed by atoms with Crippen LogP contribution in [0.5, 0.6) is 0 Å². The van der Waals surface area contributed by atoms with E-state index < -0.39 is 11.9 Å². The second-order valence-corrected chi connectivity index (χ2v) is 4.82. The van der Waals surface area contributed by atoms with Gasteiger partial charge in [-0.3, -0.25) is 4.40 Å². The summed E-state index contributed by atoms with van der Waals surface area (Å²) in [6.45, 7) is 1.94. The molecule has 23 heavy (non-hydrogen) atoms. The minimum absolute atomic E-state index is 0.0280. The first kappa shape index (κ1) is 14.8. The molecular formula is C17H14N2O4. The van der Waals surface area contributed by atoms with Gasteiger partial charge in [0.2, 0.25) is 0 Å². The van der Waals surface area contributed by atoms with Gasteiger partial charge in [0.25, 0.3) is 0 Å². The number of esters is 1. The lowest BCUT2D eigenvalue weighted by Gasteiger charge is -2.05. The van der Waals surface area contributed by atoms with Crippen LogP contribution in [0.4, 0.5) is 0 Å². The molecule has 0 bridgehead atoms. The summed E-state index contributed by atoms with van der Waals surface area (Å²) < 4.78 is 6.57. The Labute approximate surface area is 132 Å². The first-order valence-electron chi connectivity index (χ1n) is 7.10. The Morgan fingerprint density at radius 3 is 2.57 bits per heavy atom. The number of aromatic carboxylic acids is 1. The average molecular weight is 310 g/mol. The van der Waals surface area contributed by atoms with Gasteiger partial charge in [-0.25, -0.2) is 14.6 Å². The van der Waals surface area contributed by atoms with E-state index in [1.807, 2.05) is 30.3 Å². The minimum Gasteiger partial charge on any atom is -0.478 e. The number of rotatable bonds is 4. The second kappa shape index (κ2) is 5.92. The molecule has 0 aliphatic heterocycles. The number of hydrogen-bond donors (Lipinski definition) is 1. The van der Waals surface area contributed by atoms with Crippen LogP contribution in [-0.2, 0) is 4.74 Å². The summed E-state index contributed by atoms with van der Waals surface area (Å²) in [6, 6.07) is 12.1. The van der Waals surface area contributed by atoms with Crippen LogP contribution in [0.3, 0.4) is 0 Å². The number of carbonyl (C=O) groups is 2. The van der Waals surface area contributed by atoms with Crippen molar-refractivity contribution < 1.29 is 19.4 Å². The number of benzene rings is 1. The Morgan fingerprint density at radius 2 is 1.91 bits per heavy atom. The van der Waals surface area contributed by atoms with E-state index >= 15 is 0 Å². The van der Waals surface area contributed by atoms with Crippen LogP contribution < -0.4 is 0 Å². The molecule has 1 aromatic carbocycles. The highest BCUT2D eigenvalue weighted by Gasteiger charge is 2.24. The molecule has 0 saturated heterocycles. The molecule has 3 aromatic rings. The maximum Gasteiger partial charge on any atom is 0.357 e. The zero-order valence-electron chi connectivity index (χ0n) is 12.4. The van der Waals surface area contributed by atoms with E-state index in [-0.39, 0.29) is 23.5 Å². The molecule has 0 fully saturated rings. The van der Waals surface area contributed by atoms with Crippen molar-refractivity contribution in [2.75, 3.05) is 6.61 Å². The van der Waals surface area contributed by atoms with Gasteiger partial charge >= 0.3 is 11.9 Å². The van der Waals surface area contributed by atoms with Crippen LogP contribution in [0.25, 0.3) is 16.9 Å². The summed E-state index contributed by atoms with van der Waals surface area (Å²) >= 11 is 0. The van der Waals surface area contributed by atoms with Gasteiger partial charge in [0.05, 0.1) is 6.61 Å². The van der Waals surface area contributed by atoms with Gasteiger partial charge in [-0.2, -0.15) is 0 Å². The van der Waals surface area contributed by atoms with Gasteiger partial charge in [0.15, 0.2) is 11.3 Å². The van der Waals surface area contributed by atoms with Crippen molar-refractivity contribution in [3.63, 3.8) is 0 Å². The number of carboxylic acids is 1. The van der Waals surface area contributed by atoms with Crippen molar-refractivity contribution >= 4 is 17.6 Å². The molecule has 116 valence electrons. The molecule has 0 spiro atoms. The highest BCUT2D eigenvalue weighted by Crippen LogP contribution is 2.26. The molecule has 0 unspecified atom stereocenters. The number of ether oxygens (including phenoxy) is 1. The van der Waals surface area contributed by atoms with Crippen molar-refractivity contribution in [1.82, 2.24) is 9.38 Å². The van der Waals surface area contributed by atoms with Crippen molar-refractivity contribution in [1.29, 1.82) is 0 Å². The summed E-state index contributed by atoms with van der Waals surface area (Å²) in [6.07, 6.45) is 1.60. The van der Waals surface area contributed by atoms with Crippen LogP contribution in [0.2, 0.25) is 0 Å². The molecule has 6 heteroatoms. The van der Waals surface area contributed by atoms with E-state index in [0.717, 1.165) is 5.56 Å². The van der Waals surface area contributed by atoms with E-state index in [1.165, 1.54) is 10.5 Å². The number of pyridine rings is 1. The third-order valence-corrected chi connectivity index (χ3v) is 3.40. The van der Waals surface area contributed by atoms with Gasteiger partial charge in [0.1, 0.15) is 11.3 Å². The van der Waals surface area contributed by atoms with Gasteiger partial charge in [0, 0.05) is 11.8 Å². The fourth-order valence-corrected chi connectivity index (χ4v) is 2.43. The van der Waals surface area contributed by atoms with Gasteiger partial charge in [-0.1, -0.05) is 30.3 Å². The van der Waals surface area contributed by atoms with E-state index in [2.05, 4.69) is 4.98 Å². The topological polar surface area (TPSA) is 80.9 Å². The summed E-state index contributed by atoms with van der Waals surface area (Å²) in [7, 11) is 0. The minimum atomic E-state index is -1.10. The molecule has 2 heterocycles. The number of nitrogens with zero attached hydrogens (tertiary/aromatic N) is 2. The smallest absolute Gasteiger partial charge is 0.357 e. The highest BCUT2D eigenvalue weighted by molar-refractivity contribution is 6.00. The molecule has 0 aliphatic rings. The number of fused-ring (bicyclic) bond motifs is 1. The highest BCUT2D eigenvalue weighted by atomic mass is 16.5. The molecular weight excluding hydrogens is 296 g/mol. The van der Waals surface area contributed by atoms with Crippen LogP contribution in [-0.4, -0.2) is 33.0 Å². The largest absolute Gasteiger partial charge is 0.478 e. The lowest BCUT2D eigenvalue weighted by Crippen LogP contribution is -2.10. The second-order valence-electron chi connectivity index (χ2n) is 4.82. The maximum atomic E-state index is 12.4. The lowest BCUT2D eigenvalue weighted by atomic mass is 10.1. The summed E-state index contributed by atoms with van der Waals surface area (Å²) in [5.74, 6) is -1.64. The Bertz CT molecular complexity index is 884. The number of imidazole rings is 1. The first-order valence-corrected chi connectivity index (χ1v) is 7.10. The Balaban J connectivity index is 2.34. The number of aromatic nitrogens is 2. The quantitative estimate of drug-likeness (QED) is 0.749. The standard InChI is InChI=1S/C17H14N2O4/c1-2-23-17(22)14-13(11-7-4-3-5-8-11)18-15-12(16(20)21)9-6-10-19(14)15/h3-10H,2H2,1H3,(H,20,21). The summed E-state index contributed by atoms with van der Waals surface area (Å²) in [5, 5.41) is 9.33. The molecule has 0 radical (unpaired) electrons. The van der Waals surface area contributed by atoms with Crippen molar-refractivity contribution in [3.05, 3.63) is 59.9 Å². The Hall–Kier alpha value is -3.15. The predicted octanol–water partition coefficient (Wildman–Crippen LogP) is 2.88. The molecule has 0 atom stereocenters. The fourth-order valence-electron chi connectivity index (χ4n) is 2.43. The van der Waals surface area contributed by atoms with Crippen LogP contribution >= 0.6 is 0 Å². The first-order chi connectivity index (χ1) is 11.1. The monoisotopic (exact) mass is 310 g/mol. The number of hydrogen-bond acceptors (Lipinski definition) is 4. The summed E-state index contributed by atoms with van der Waals surface area (Å²) in [5.41, 5.74) is 1.58. The number of carbonyl (C=O) groups excluding carboxylic acids is 1. The zero-order chi connectivity index (χ0) is 16.4. The van der Waals surface area contributed by atoms with Crippen molar-refractivity contribution in [2.45, 2.75) is 6.92 Å². The summed E-state index contributed by atoms with van der Waals surface area (Å²) in [4.78, 5) is 28.2. The predicted molar refractivity (Wildman–Crippen MR) is 83.5 cm³/mol. The van der Waals surface area contributed by atoms with E-state index in [1.54, 1.807) is 19.2 Å². The molecule has 2 aromatic heterocycles. The maximum absolute atomic E-state index is 12.4. The lowest BCUT2D eigenvalue weighted by molar-refractivity contribution is 0.0518. The normalized spacial score (nSPS) is 10.7. The molecule has 0 amide bonds. The van der Waals surface area contributed by atoms with Gasteiger partial charge in [-0.05, 0) is 19.1 Å². The molecule has 6 nitrogen and oxygen atoms in total. The third-order valence-electron chi connectivity index (χ3n) is 3.40. The van der Waals surface area contributed by atoms with Crippen molar-refractivity contribution in [3.8, 4) is 11.3 Å². The van der Waals surface area contributed by atoms with E-state index in [0.29, 0.717) is 5.69 Å². The van der Waals surface area contributed by atoms with Crippen LogP contribution in [0.15, 0.2) is 48.7 Å². The number of carboxylic acid groups (broad SMARTS) is 1. The molecule has 1 N–H and O–H groups in total.